The summed E-state index contributed by atoms with van der Waals surface area (Å²) in [5.74, 6) is 1.30. The van der Waals surface area contributed by atoms with Crippen LogP contribution in [0.1, 0.15) is 20.8 Å². The second-order valence-electron chi connectivity index (χ2n) is 4.34. The molecule has 0 fully saturated rings. The number of nitrogens with one attached hydrogen (secondary N) is 1. The maximum atomic E-state index is 5.76. The summed E-state index contributed by atoms with van der Waals surface area (Å²) in [5, 5.41) is 3.29. The first-order valence-electron chi connectivity index (χ1n) is 5.67. The number of ether oxygens (including phenoxy) is 1. The zero-order valence-electron chi connectivity index (χ0n) is 10.9. The van der Waals surface area contributed by atoms with Gasteiger partial charge in [-0.25, -0.2) is 0 Å². The van der Waals surface area contributed by atoms with Gasteiger partial charge in [0.2, 0.25) is 5.88 Å². The van der Waals surface area contributed by atoms with Gasteiger partial charge in [0, 0.05) is 11.3 Å². The van der Waals surface area contributed by atoms with Crippen molar-refractivity contribution in [3.8, 4) is 5.88 Å². The van der Waals surface area contributed by atoms with E-state index in [0.29, 0.717) is 18.2 Å². The SMILES string of the molecule is CCOc1nc(NCC(C)(C)SC)ccc1N. The molecule has 1 aromatic heterocycles. The van der Waals surface area contributed by atoms with E-state index in [4.69, 9.17) is 10.5 Å². The van der Waals surface area contributed by atoms with Crippen molar-refractivity contribution in [3.05, 3.63) is 12.1 Å². The van der Waals surface area contributed by atoms with E-state index in [0.717, 1.165) is 12.4 Å². The van der Waals surface area contributed by atoms with Crippen molar-refractivity contribution in [1.82, 2.24) is 4.98 Å². The lowest BCUT2D eigenvalue weighted by atomic mass is 10.2. The van der Waals surface area contributed by atoms with Gasteiger partial charge in [0.15, 0.2) is 0 Å². The monoisotopic (exact) mass is 255 g/mol. The van der Waals surface area contributed by atoms with E-state index in [1.165, 1.54) is 0 Å². The summed E-state index contributed by atoms with van der Waals surface area (Å²) in [5.41, 5.74) is 6.34. The van der Waals surface area contributed by atoms with Crippen LogP contribution in [0.3, 0.4) is 0 Å². The van der Waals surface area contributed by atoms with Crippen LogP contribution in [0, 0.1) is 0 Å². The Morgan fingerprint density at radius 2 is 2.18 bits per heavy atom. The lowest BCUT2D eigenvalue weighted by Crippen LogP contribution is -2.26. The first kappa shape index (κ1) is 14.0. The Labute approximate surface area is 107 Å². The molecule has 0 aliphatic rings. The first-order valence-corrected chi connectivity index (χ1v) is 6.89. The molecule has 0 aromatic carbocycles. The van der Waals surface area contributed by atoms with Gasteiger partial charge in [-0.05, 0) is 39.2 Å². The number of hydrogen-bond acceptors (Lipinski definition) is 5. The summed E-state index contributed by atoms with van der Waals surface area (Å²) in [4.78, 5) is 4.33. The van der Waals surface area contributed by atoms with Crippen LogP contribution in [0.2, 0.25) is 0 Å². The molecule has 96 valence electrons. The average molecular weight is 255 g/mol. The van der Waals surface area contributed by atoms with Gasteiger partial charge in [-0.1, -0.05) is 0 Å². The van der Waals surface area contributed by atoms with Crippen LogP contribution in [-0.4, -0.2) is 29.1 Å². The molecule has 0 atom stereocenters. The van der Waals surface area contributed by atoms with Gasteiger partial charge in [-0.2, -0.15) is 16.7 Å². The molecule has 17 heavy (non-hydrogen) atoms. The summed E-state index contributed by atoms with van der Waals surface area (Å²) in [7, 11) is 0. The highest BCUT2D eigenvalue weighted by atomic mass is 32.2. The molecule has 1 heterocycles. The van der Waals surface area contributed by atoms with Crippen molar-refractivity contribution in [1.29, 1.82) is 0 Å². The van der Waals surface area contributed by atoms with Crippen molar-refractivity contribution in [2.24, 2.45) is 0 Å². The fraction of sp³-hybridized carbons (Fsp3) is 0.583. The van der Waals surface area contributed by atoms with E-state index in [-0.39, 0.29) is 4.75 Å². The molecule has 0 radical (unpaired) electrons. The summed E-state index contributed by atoms with van der Waals surface area (Å²) in [6, 6.07) is 3.68. The number of nitrogens with two attached hydrogens (primary N) is 1. The molecule has 1 rings (SSSR count). The number of pyridine rings is 1. The minimum absolute atomic E-state index is 0.175. The number of nitrogens with zero attached hydrogens (tertiary/aromatic N) is 1. The number of rotatable bonds is 6. The number of thioether (sulfide) groups is 1. The van der Waals surface area contributed by atoms with E-state index in [2.05, 4.69) is 30.4 Å². The average Bonchev–Trinajstić information content (AvgIpc) is 2.31. The standard InChI is InChI=1S/C12H21N3OS/c1-5-16-11-9(13)6-7-10(15-11)14-8-12(2,3)17-4/h6-7H,5,8,13H2,1-4H3,(H,14,15). The van der Waals surface area contributed by atoms with Crippen molar-refractivity contribution in [2.75, 3.05) is 30.5 Å². The van der Waals surface area contributed by atoms with Gasteiger partial charge >= 0.3 is 0 Å². The topological polar surface area (TPSA) is 60.2 Å². The van der Waals surface area contributed by atoms with Crippen molar-refractivity contribution < 1.29 is 4.74 Å². The second-order valence-corrected chi connectivity index (χ2v) is 5.85. The van der Waals surface area contributed by atoms with Gasteiger partial charge in [0.05, 0.1) is 12.3 Å². The van der Waals surface area contributed by atoms with E-state index in [1.54, 1.807) is 0 Å². The lowest BCUT2D eigenvalue weighted by molar-refractivity contribution is 0.329. The number of aromatic nitrogens is 1. The van der Waals surface area contributed by atoms with Gasteiger partial charge in [-0.15, -0.1) is 0 Å². The molecule has 0 unspecified atom stereocenters. The third-order valence-electron chi connectivity index (χ3n) is 2.42. The highest BCUT2D eigenvalue weighted by Crippen LogP contribution is 2.24. The Morgan fingerprint density at radius 1 is 1.47 bits per heavy atom. The third-order valence-corrected chi connectivity index (χ3v) is 3.67. The van der Waals surface area contributed by atoms with Crippen LogP contribution >= 0.6 is 11.8 Å². The summed E-state index contributed by atoms with van der Waals surface area (Å²) in [6.45, 7) is 7.70. The molecule has 0 saturated heterocycles. The van der Waals surface area contributed by atoms with Crippen LogP contribution in [0.4, 0.5) is 11.5 Å². The predicted octanol–water partition coefficient (Wildman–Crippen LogP) is 2.62. The zero-order chi connectivity index (χ0) is 12.9. The van der Waals surface area contributed by atoms with E-state index in [1.807, 2.05) is 30.8 Å². The van der Waals surface area contributed by atoms with Crippen molar-refractivity contribution in [3.63, 3.8) is 0 Å². The smallest absolute Gasteiger partial charge is 0.239 e. The van der Waals surface area contributed by atoms with Crippen LogP contribution in [0.15, 0.2) is 12.1 Å². The molecular formula is C12H21N3OS. The summed E-state index contributed by atoms with van der Waals surface area (Å²) in [6.07, 6.45) is 2.10. The van der Waals surface area contributed by atoms with Crippen LogP contribution in [0.5, 0.6) is 5.88 Å². The third kappa shape index (κ3) is 4.34. The second kappa shape index (κ2) is 6.00. The van der Waals surface area contributed by atoms with Crippen LogP contribution < -0.4 is 15.8 Å². The minimum Gasteiger partial charge on any atom is -0.476 e. The Hall–Kier alpha value is -1.10. The molecule has 0 bridgehead atoms. The van der Waals surface area contributed by atoms with Crippen LogP contribution in [0.25, 0.3) is 0 Å². The number of nitrogen functional groups attached to an aromatic ring is 1. The highest BCUT2D eigenvalue weighted by molar-refractivity contribution is 7.99. The Balaban J connectivity index is 2.69. The largest absolute Gasteiger partial charge is 0.476 e. The molecule has 0 saturated carbocycles. The number of anilines is 2. The summed E-state index contributed by atoms with van der Waals surface area (Å²) >= 11 is 1.82. The molecule has 5 heteroatoms. The zero-order valence-corrected chi connectivity index (χ0v) is 11.7. The molecule has 0 aliphatic carbocycles. The highest BCUT2D eigenvalue weighted by Gasteiger charge is 2.15. The molecule has 1 aromatic rings. The molecule has 4 nitrogen and oxygen atoms in total. The fourth-order valence-corrected chi connectivity index (χ4v) is 1.39. The quantitative estimate of drug-likeness (QED) is 0.818. The van der Waals surface area contributed by atoms with Gasteiger partial charge < -0.3 is 15.8 Å². The summed E-state index contributed by atoms with van der Waals surface area (Å²) < 4.78 is 5.53. The van der Waals surface area contributed by atoms with Gasteiger partial charge in [0.25, 0.3) is 0 Å². The molecule has 0 aliphatic heterocycles. The first-order chi connectivity index (χ1) is 7.98. The van der Waals surface area contributed by atoms with E-state index in [9.17, 15) is 0 Å². The van der Waals surface area contributed by atoms with E-state index < -0.39 is 0 Å². The molecule has 0 spiro atoms. The maximum absolute atomic E-state index is 5.76. The fourth-order valence-electron chi connectivity index (χ4n) is 1.18. The lowest BCUT2D eigenvalue weighted by Gasteiger charge is -2.22. The molecular weight excluding hydrogens is 234 g/mol. The van der Waals surface area contributed by atoms with Crippen molar-refractivity contribution in [2.45, 2.75) is 25.5 Å². The van der Waals surface area contributed by atoms with Crippen LogP contribution in [-0.2, 0) is 0 Å². The molecule has 0 amide bonds. The minimum atomic E-state index is 0.175. The Morgan fingerprint density at radius 3 is 2.76 bits per heavy atom. The Kier molecular flexibility index (Phi) is 4.93. The van der Waals surface area contributed by atoms with E-state index >= 15 is 0 Å². The van der Waals surface area contributed by atoms with Gasteiger partial charge in [0.1, 0.15) is 5.82 Å². The van der Waals surface area contributed by atoms with Crippen molar-refractivity contribution >= 4 is 23.3 Å². The molecule has 3 N–H and O–H groups in total. The maximum Gasteiger partial charge on any atom is 0.239 e. The predicted molar refractivity (Wildman–Crippen MR) is 75.9 cm³/mol. The number of hydrogen-bond donors (Lipinski definition) is 2. The Bertz CT molecular complexity index is 369. The normalized spacial score (nSPS) is 11.3. The van der Waals surface area contributed by atoms with Gasteiger partial charge in [-0.3, -0.25) is 0 Å².